The first kappa shape index (κ1) is 14.2. The Morgan fingerprint density at radius 1 is 1.29 bits per heavy atom. The largest absolute Gasteiger partial charge is 0.493 e. The van der Waals surface area contributed by atoms with Crippen molar-refractivity contribution < 1.29 is 9.47 Å². The summed E-state index contributed by atoms with van der Waals surface area (Å²) in [5.74, 6) is 1.60. The van der Waals surface area contributed by atoms with E-state index in [0.717, 1.165) is 29.9 Å². The molecular weight excluding hydrogens is 236 g/mol. The Morgan fingerprint density at radius 2 is 2.00 bits per heavy atom. The average molecular weight is 257 g/mol. The van der Waals surface area contributed by atoms with Gasteiger partial charge in [-0.05, 0) is 38.3 Å². The number of methoxy groups -OCH3 is 1. The molecule has 0 radical (unpaired) electrons. The molecule has 0 spiro atoms. The first-order chi connectivity index (χ1) is 8.08. The number of halogens is 1. The molecule has 96 valence electrons. The number of ether oxygens (including phenoxy) is 2. The van der Waals surface area contributed by atoms with Crippen molar-refractivity contribution in [3.05, 3.63) is 23.8 Å². The Labute approximate surface area is 109 Å². The molecule has 17 heavy (non-hydrogen) atoms. The summed E-state index contributed by atoms with van der Waals surface area (Å²) in [5, 5.41) is 0.137. The topological polar surface area (TPSA) is 18.5 Å². The van der Waals surface area contributed by atoms with Crippen LogP contribution in [0, 0.1) is 0 Å². The molecule has 0 aliphatic carbocycles. The lowest BCUT2D eigenvalue weighted by Crippen LogP contribution is -2.09. The molecule has 1 unspecified atom stereocenters. The monoisotopic (exact) mass is 256 g/mol. The number of alkyl halides is 1. The molecule has 0 saturated carbocycles. The Bertz CT molecular complexity index is 350. The van der Waals surface area contributed by atoms with Crippen molar-refractivity contribution in [3.8, 4) is 11.5 Å². The van der Waals surface area contributed by atoms with E-state index < -0.39 is 0 Å². The van der Waals surface area contributed by atoms with Gasteiger partial charge in [-0.25, -0.2) is 0 Å². The van der Waals surface area contributed by atoms with E-state index in [1.165, 1.54) is 0 Å². The molecule has 1 aromatic rings. The molecule has 0 saturated heterocycles. The van der Waals surface area contributed by atoms with E-state index in [4.69, 9.17) is 21.1 Å². The van der Waals surface area contributed by atoms with Crippen molar-refractivity contribution in [3.63, 3.8) is 0 Å². The molecule has 2 nitrogen and oxygen atoms in total. The Morgan fingerprint density at radius 3 is 2.53 bits per heavy atom. The van der Waals surface area contributed by atoms with E-state index in [1.54, 1.807) is 7.11 Å². The Kier molecular flexibility index (Phi) is 5.63. The van der Waals surface area contributed by atoms with Crippen LogP contribution >= 0.6 is 11.6 Å². The molecule has 0 fully saturated rings. The van der Waals surface area contributed by atoms with Crippen molar-refractivity contribution in [1.29, 1.82) is 0 Å². The van der Waals surface area contributed by atoms with Crippen molar-refractivity contribution in [1.82, 2.24) is 0 Å². The highest BCUT2D eigenvalue weighted by molar-refractivity contribution is 6.20. The average Bonchev–Trinajstić information content (AvgIpc) is 2.28. The van der Waals surface area contributed by atoms with Gasteiger partial charge in [-0.3, -0.25) is 0 Å². The predicted molar refractivity (Wildman–Crippen MR) is 72.4 cm³/mol. The first-order valence-electron chi connectivity index (χ1n) is 6.05. The van der Waals surface area contributed by atoms with E-state index >= 15 is 0 Å². The lowest BCUT2D eigenvalue weighted by atomic mass is 10.1. The van der Waals surface area contributed by atoms with Crippen molar-refractivity contribution in [2.24, 2.45) is 0 Å². The fourth-order valence-corrected chi connectivity index (χ4v) is 1.85. The quantitative estimate of drug-likeness (QED) is 0.715. The maximum Gasteiger partial charge on any atom is 0.163 e. The predicted octanol–water partition coefficient (Wildman–Crippen LogP) is 4.04. The summed E-state index contributed by atoms with van der Waals surface area (Å²) in [4.78, 5) is 0. The van der Waals surface area contributed by atoms with Crippen LogP contribution in [0.1, 0.15) is 32.8 Å². The molecule has 3 heteroatoms. The van der Waals surface area contributed by atoms with E-state index in [1.807, 2.05) is 32.0 Å². The van der Waals surface area contributed by atoms with Crippen LogP contribution in [0.4, 0.5) is 0 Å². The highest BCUT2D eigenvalue weighted by Gasteiger charge is 2.13. The van der Waals surface area contributed by atoms with Gasteiger partial charge in [0.05, 0.1) is 13.2 Å². The van der Waals surface area contributed by atoms with E-state index in [9.17, 15) is 0 Å². The Balaban J connectivity index is 2.96. The molecule has 0 aromatic heterocycles. The summed E-state index contributed by atoms with van der Waals surface area (Å²) in [6.07, 6.45) is 1.88. The number of rotatable bonds is 6. The van der Waals surface area contributed by atoms with E-state index in [-0.39, 0.29) is 11.5 Å². The highest BCUT2D eigenvalue weighted by Crippen LogP contribution is 2.33. The third-order valence-electron chi connectivity index (χ3n) is 2.51. The van der Waals surface area contributed by atoms with Crippen molar-refractivity contribution in [2.75, 3.05) is 7.11 Å². The number of hydrogen-bond donors (Lipinski definition) is 0. The van der Waals surface area contributed by atoms with Crippen LogP contribution in [0.15, 0.2) is 18.2 Å². The van der Waals surface area contributed by atoms with Crippen molar-refractivity contribution >= 4 is 11.6 Å². The number of hydrogen-bond acceptors (Lipinski definition) is 2. The fourth-order valence-electron chi connectivity index (χ4n) is 1.68. The van der Waals surface area contributed by atoms with Gasteiger partial charge in [-0.15, -0.1) is 11.6 Å². The number of para-hydroxylation sites is 1. The maximum absolute atomic E-state index is 6.19. The summed E-state index contributed by atoms with van der Waals surface area (Å²) in [7, 11) is 1.67. The molecule has 0 aliphatic heterocycles. The molecule has 0 N–H and O–H groups in total. The minimum absolute atomic E-state index is 0.136. The maximum atomic E-state index is 6.19. The third kappa shape index (κ3) is 4.12. The SMILES string of the molecule is CCC(Cl)Cc1cccc(OC(C)C)c1OC. The summed E-state index contributed by atoms with van der Waals surface area (Å²) in [5.41, 5.74) is 1.10. The normalized spacial score (nSPS) is 12.6. The molecule has 1 rings (SSSR count). The Hall–Kier alpha value is -0.890. The van der Waals surface area contributed by atoms with Gasteiger partial charge in [0, 0.05) is 5.38 Å². The van der Waals surface area contributed by atoms with Gasteiger partial charge in [-0.2, -0.15) is 0 Å². The zero-order chi connectivity index (χ0) is 12.8. The van der Waals surface area contributed by atoms with Gasteiger partial charge < -0.3 is 9.47 Å². The fraction of sp³-hybridized carbons (Fsp3) is 0.571. The highest BCUT2D eigenvalue weighted by atomic mass is 35.5. The van der Waals surface area contributed by atoms with Crippen LogP contribution in [0.3, 0.4) is 0 Å². The van der Waals surface area contributed by atoms with Gasteiger partial charge in [-0.1, -0.05) is 19.1 Å². The van der Waals surface area contributed by atoms with Gasteiger partial charge >= 0.3 is 0 Å². The lowest BCUT2D eigenvalue weighted by molar-refractivity contribution is 0.229. The zero-order valence-corrected chi connectivity index (χ0v) is 11.8. The van der Waals surface area contributed by atoms with Gasteiger partial charge in [0.25, 0.3) is 0 Å². The van der Waals surface area contributed by atoms with Crippen molar-refractivity contribution in [2.45, 2.75) is 45.1 Å². The lowest BCUT2D eigenvalue weighted by Gasteiger charge is -2.17. The molecule has 0 bridgehead atoms. The summed E-state index contributed by atoms with van der Waals surface area (Å²) >= 11 is 6.19. The van der Waals surface area contributed by atoms with Gasteiger partial charge in [0.1, 0.15) is 0 Å². The second-order valence-electron chi connectivity index (χ2n) is 4.32. The molecule has 1 aromatic carbocycles. The summed E-state index contributed by atoms with van der Waals surface area (Å²) in [6.45, 7) is 6.09. The zero-order valence-electron chi connectivity index (χ0n) is 11.0. The molecule has 1 atom stereocenters. The van der Waals surface area contributed by atoms with Crippen LogP contribution in [0.2, 0.25) is 0 Å². The smallest absolute Gasteiger partial charge is 0.163 e. The molecule has 0 heterocycles. The minimum Gasteiger partial charge on any atom is -0.493 e. The summed E-state index contributed by atoms with van der Waals surface area (Å²) < 4.78 is 11.2. The first-order valence-corrected chi connectivity index (χ1v) is 6.48. The van der Waals surface area contributed by atoms with Crippen LogP contribution in [-0.2, 0) is 6.42 Å². The third-order valence-corrected chi connectivity index (χ3v) is 2.97. The van der Waals surface area contributed by atoms with E-state index in [2.05, 4.69) is 6.92 Å². The van der Waals surface area contributed by atoms with Gasteiger partial charge in [0.2, 0.25) is 0 Å². The van der Waals surface area contributed by atoms with Crippen LogP contribution < -0.4 is 9.47 Å². The second-order valence-corrected chi connectivity index (χ2v) is 4.94. The standard InChI is InChI=1S/C14H21ClO2/c1-5-12(15)9-11-7-6-8-13(14(11)16-4)17-10(2)3/h6-8,10,12H,5,9H2,1-4H3. The minimum atomic E-state index is 0.136. The number of benzene rings is 1. The van der Waals surface area contributed by atoms with E-state index in [0.29, 0.717) is 0 Å². The summed E-state index contributed by atoms with van der Waals surface area (Å²) in [6, 6.07) is 5.95. The van der Waals surface area contributed by atoms with Crippen LogP contribution in [0.25, 0.3) is 0 Å². The van der Waals surface area contributed by atoms with Crippen LogP contribution in [-0.4, -0.2) is 18.6 Å². The van der Waals surface area contributed by atoms with Gasteiger partial charge in [0.15, 0.2) is 11.5 Å². The molecular formula is C14H21ClO2. The molecule has 0 amide bonds. The molecule has 0 aliphatic rings. The van der Waals surface area contributed by atoms with Crippen LogP contribution in [0.5, 0.6) is 11.5 Å². The second kappa shape index (κ2) is 6.75.